The van der Waals surface area contributed by atoms with Gasteiger partial charge in [-0.1, -0.05) is 13.8 Å². The quantitative estimate of drug-likeness (QED) is 0.691. The highest BCUT2D eigenvalue weighted by atomic mass is 17.3. The molecule has 5 fully saturated rings. The van der Waals surface area contributed by atoms with E-state index < -0.39 is 24.0 Å². The Morgan fingerprint density at radius 1 is 1.05 bits per heavy atom. The molecule has 114 valence electrons. The lowest BCUT2D eigenvalue weighted by Crippen LogP contribution is -2.70. The van der Waals surface area contributed by atoms with E-state index in [0.29, 0.717) is 11.8 Å². The van der Waals surface area contributed by atoms with Gasteiger partial charge < -0.3 is 14.6 Å². The first kappa shape index (κ1) is 13.5. The molecule has 1 spiro atoms. The zero-order valence-electron chi connectivity index (χ0n) is 12.4. The molecule has 0 aromatic heterocycles. The van der Waals surface area contributed by atoms with E-state index in [4.69, 9.17) is 19.2 Å². The largest absolute Gasteiger partial charge is 0.368 e. The molecule has 4 heterocycles. The zero-order chi connectivity index (χ0) is 14.1. The van der Waals surface area contributed by atoms with Gasteiger partial charge in [0, 0.05) is 18.3 Å². The van der Waals surface area contributed by atoms with Gasteiger partial charge in [0.15, 0.2) is 18.2 Å². The second-order valence-electron chi connectivity index (χ2n) is 7.30. The monoisotopic (exact) mass is 284 g/mol. The van der Waals surface area contributed by atoms with Gasteiger partial charge >= 0.3 is 0 Å². The molecule has 0 amide bonds. The van der Waals surface area contributed by atoms with Crippen LogP contribution in [0.2, 0.25) is 0 Å². The maximum Gasteiger partial charge on any atom is 0.201 e. The fourth-order valence-corrected chi connectivity index (χ4v) is 4.89. The van der Waals surface area contributed by atoms with E-state index in [1.807, 2.05) is 13.8 Å². The summed E-state index contributed by atoms with van der Waals surface area (Å²) in [6.07, 6.45) is 2.72. The number of aliphatic hydroxyl groups excluding tert-OH is 1. The molecule has 4 aliphatic heterocycles. The van der Waals surface area contributed by atoms with E-state index in [1.165, 1.54) is 6.42 Å². The molecule has 2 bridgehead atoms. The van der Waals surface area contributed by atoms with Crippen LogP contribution in [0.1, 0.15) is 46.5 Å². The first-order valence-electron chi connectivity index (χ1n) is 7.84. The number of hydrogen-bond donors (Lipinski definition) is 1. The van der Waals surface area contributed by atoms with Crippen molar-refractivity contribution in [2.75, 3.05) is 0 Å². The molecular formula is C15H24O5. The van der Waals surface area contributed by atoms with Gasteiger partial charge in [0.05, 0.1) is 0 Å². The Balaban J connectivity index is 1.82. The van der Waals surface area contributed by atoms with Crippen LogP contribution in [-0.4, -0.2) is 29.1 Å². The fraction of sp³-hybridized carbons (Fsp3) is 1.00. The molecular weight excluding hydrogens is 260 g/mol. The summed E-state index contributed by atoms with van der Waals surface area (Å²) >= 11 is 0. The van der Waals surface area contributed by atoms with Crippen LogP contribution in [0.5, 0.6) is 0 Å². The Morgan fingerprint density at radius 3 is 2.65 bits per heavy atom. The first-order valence-corrected chi connectivity index (χ1v) is 7.84. The predicted octanol–water partition coefficient (Wildman–Crippen LogP) is 2.19. The van der Waals surface area contributed by atoms with Crippen LogP contribution in [0.25, 0.3) is 0 Å². The second-order valence-corrected chi connectivity index (χ2v) is 7.30. The van der Waals surface area contributed by atoms with Crippen LogP contribution in [-0.2, 0) is 19.2 Å². The highest BCUT2D eigenvalue weighted by Gasteiger charge is 2.69. The number of ether oxygens (including phenoxy) is 2. The number of fused-ring (bicyclic) bond motifs is 2. The predicted molar refractivity (Wildman–Crippen MR) is 69.0 cm³/mol. The molecule has 0 aromatic rings. The van der Waals surface area contributed by atoms with Crippen molar-refractivity contribution < 1.29 is 24.4 Å². The third-order valence-electron chi connectivity index (χ3n) is 6.12. The normalized spacial score (nSPS) is 61.8. The second kappa shape index (κ2) is 4.17. The molecule has 8 atom stereocenters. The Bertz CT molecular complexity index is 411. The number of rotatable bonds is 0. The summed E-state index contributed by atoms with van der Waals surface area (Å²) in [6, 6.07) is 0. The maximum absolute atomic E-state index is 10.2. The Kier molecular flexibility index (Phi) is 2.81. The molecule has 0 radical (unpaired) electrons. The minimum Gasteiger partial charge on any atom is -0.368 e. The summed E-state index contributed by atoms with van der Waals surface area (Å²) in [5, 5.41) is 10.2. The van der Waals surface area contributed by atoms with Crippen molar-refractivity contribution in [3.05, 3.63) is 0 Å². The van der Waals surface area contributed by atoms with Crippen LogP contribution < -0.4 is 0 Å². The van der Waals surface area contributed by atoms with Gasteiger partial charge in [-0.2, -0.15) is 0 Å². The minimum atomic E-state index is -0.781. The van der Waals surface area contributed by atoms with E-state index in [-0.39, 0.29) is 11.8 Å². The van der Waals surface area contributed by atoms with Crippen LogP contribution in [0.3, 0.4) is 0 Å². The SMILES string of the molecule is C[C@@H]1CCC2[C@@H](C)[C@@H](O)OC3O[C@@]4(C)CC[C@@H]1[C@]32OO4. The lowest BCUT2D eigenvalue weighted by atomic mass is 9.58. The van der Waals surface area contributed by atoms with E-state index in [2.05, 4.69) is 6.92 Å². The lowest BCUT2D eigenvalue weighted by Gasteiger charge is -2.59. The molecule has 5 rings (SSSR count). The van der Waals surface area contributed by atoms with Gasteiger partial charge in [0.2, 0.25) is 5.79 Å². The summed E-state index contributed by atoms with van der Waals surface area (Å²) in [6.45, 7) is 6.22. The topological polar surface area (TPSA) is 57.2 Å². The van der Waals surface area contributed by atoms with Crippen molar-refractivity contribution >= 4 is 0 Å². The van der Waals surface area contributed by atoms with Gasteiger partial charge in [0.25, 0.3) is 0 Å². The van der Waals surface area contributed by atoms with Crippen molar-refractivity contribution in [1.82, 2.24) is 0 Å². The summed E-state index contributed by atoms with van der Waals surface area (Å²) in [5.74, 6) is 0.437. The van der Waals surface area contributed by atoms with Crippen molar-refractivity contribution in [3.8, 4) is 0 Å². The average Bonchev–Trinajstić information content (AvgIpc) is 2.63. The average molecular weight is 284 g/mol. The highest BCUT2D eigenvalue weighted by Crippen LogP contribution is 2.60. The Hall–Kier alpha value is -0.200. The summed E-state index contributed by atoms with van der Waals surface area (Å²) in [5.41, 5.74) is -0.549. The molecule has 2 unspecified atom stereocenters. The third kappa shape index (κ3) is 1.56. The molecule has 1 aliphatic carbocycles. The summed E-state index contributed by atoms with van der Waals surface area (Å²) in [7, 11) is 0. The number of aliphatic hydroxyl groups is 1. The maximum atomic E-state index is 10.2. The van der Waals surface area contributed by atoms with E-state index in [9.17, 15) is 5.11 Å². The standard InChI is InChI=1S/C15H24O5/c1-8-4-5-11-9(2)12(16)17-13-15(11)10(8)6-7-14(3,18-13)19-20-15/h8-13,16H,4-7H2,1-3H3/t8-,9-,10+,11?,12+,13?,14-,15-/m1/s1. The van der Waals surface area contributed by atoms with Gasteiger partial charge in [-0.05, 0) is 38.0 Å². The van der Waals surface area contributed by atoms with Crippen molar-refractivity contribution in [3.63, 3.8) is 0 Å². The van der Waals surface area contributed by atoms with Crippen molar-refractivity contribution in [2.24, 2.45) is 23.7 Å². The Morgan fingerprint density at radius 2 is 1.85 bits per heavy atom. The third-order valence-corrected chi connectivity index (χ3v) is 6.12. The minimum absolute atomic E-state index is 0.0379. The van der Waals surface area contributed by atoms with Crippen molar-refractivity contribution in [1.29, 1.82) is 0 Å². The molecule has 0 aromatic carbocycles. The number of hydrogen-bond acceptors (Lipinski definition) is 5. The highest BCUT2D eigenvalue weighted by molar-refractivity contribution is 5.08. The lowest BCUT2D eigenvalue weighted by molar-refractivity contribution is -0.576. The van der Waals surface area contributed by atoms with E-state index in [1.54, 1.807) is 0 Å². The molecule has 20 heavy (non-hydrogen) atoms. The van der Waals surface area contributed by atoms with Crippen LogP contribution in [0.4, 0.5) is 0 Å². The summed E-state index contributed by atoms with van der Waals surface area (Å²) < 4.78 is 11.9. The molecule has 5 aliphatic rings. The molecule has 5 heteroatoms. The van der Waals surface area contributed by atoms with E-state index in [0.717, 1.165) is 19.3 Å². The van der Waals surface area contributed by atoms with Crippen LogP contribution in [0.15, 0.2) is 0 Å². The fourth-order valence-electron chi connectivity index (χ4n) is 4.89. The van der Waals surface area contributed by atoms with Crippen molar-refractivity contribution in [2.45, 2.75) is 70.4 Å². The van der Waals surface area contributed by atoms with Gasteiger partial charge in [-0.3, -0.25) is 0 Å². The zero-order valence-corrected chi connectivity index (χ0v) is 12.4. The van der Waals surface area contributed by atoms with Crippen LogP contribution >= 0.6 is 0 Å². The van der Waals surface area contributed by atoms with Gasteiger partial charge in [0.1, 0.15) is 0 Å². The smallest absolute Gasteiger partial charge is 0.201 e. The molecule has 4 saturated heterocycles. The molecule has 1 N–H and O–H groups in total. The van der Waals surface area contributed by atoms with Crippen LogP contribution in [0, 0.1) is 23.7 Å². The Labute approximate surface area is 119 Å². The van der Waals surface area contributed by atoms with Gasteiger partial charge in [-0.15, -0.1) is 0 Å². The van der Waals surface area contributed by atoms with E-state index >= 15 is 0 Å². The van der Waals surface area contributed by atoms with Gasteiger partial charge in [-0.25, -0.2) is 9.78 Å². The summed E-state index contributed by atoms with van der Waals surface area (Å²) in [4.78, 5) is 11.6. The molecule has 5 nitrogen and oxygen atoms in total. The molecule has 1 saturated carbocycles. The first-order chi connectivity index (χ1) is 9.46.